The molecule has 2 aliphatic heterocycles. The van der Waals surface area contributed by atoms with E-state index in [2.05, 4.69) is 4.90 Å². The standard InChI is InChI=1S/C15H26N2O4/c1-15(2,3)21-14(19)17-10-11(16-7-5-6-8-16)9-12(17)13(18)20-4/h11-12H,5-10H2,1-4H3/t11-,12+/m1/s1. The molecule has 6 heteroatoms. The second-order valence-electron chi connectivity index (χ2n) is 6.80. The molecule has 2 atom stereocenters. The molecule has 0 aliphatic carbocycles. The van der Waals surface area contributed by atoms with Crippen LogP contribution in [0.3, 0.4) is 0 Å². The summed E-state index contributed by atoms with van der Waals surface area (Å²) in [6.45, 7) is 8.10. The Hall–Kier alpha value is -1.30. The fraction of sp³-hybridized carbons (Fsp3) is 0.867. The quantitative estimate of drug-likeness (QED) is 0.725. The molecule has 21 heavy (non-hydrogen) atoms. The average molecular weight is 298 g/mol. The Morgan fingerprint density at radius 2 is 1.76 bits per heavy atom. The predicted molar refractivity (Wildman–Crippen MR) is 78.0 cm³/mol. The van der Waals surface area contributed by atoms with Crippen LogP contribution in [0.25, 0.3) is 0 Å². The molecule has 0 spiro atoms. The number of methoxy groups -OCH3 is 1. The number of carbonyl (C=O) groups excluding carboxylic acids is 2. The van der Waals surface area contributed by atoms with Crippen LogP contribution in [0.15, 0.2) is 0 Å². The zero-order valence-corrected chi connectivity index (χ0v) is 13.4. The number of esters is 1. The summed E-state index contributed by atoms with van der Waals surface area (Å²) in [7, 11) is 1.36. The van der Waals surface area contributed by atoms with Gasteiger partial charge in [0.15, 0.2) is 0 Å². The molecule has 2 heterocycles. The Bertz CT molecular complexity index is 399. The highest BCUT2D eigenvalue weighted by Crippen LogP contribution is 2.27. The molecule has 0 aromatic rings. The summed E-state index contributed by atoms with van der Waals surface area (Å²) in [4.78, 5) is 28.2. The van der Waals surface area contributed by atoms with Crippen molar-refractivity contribution in [2.75, 3.05) is 26.7 Å². The summed E-state index contributed by atoms with van der Waals surface area (Å²) >= 11 is 0. The van der Waals surface area contributed by atoms with E-state index in [1.54, 1.807) is 0 Å². The van der Waals surface area contributed by atoms with Crippen molar-refractivity contribution in [3.8, 4) is 0 Å². The molecule has 0 saturated carbocycles. The van der Waals surface area contributed by atoms with Gasteiger partial charge >= 0.3 is 12.1 Å². The average Bonchev–Trinajstić information content (AvgIpc) is 3.04. The van der Waals surface area contributed by atoms with Crippen LogP contribution < -0.4 is 0 Å². The van der Waals surface area contributed by atoms with Crippen LogP contribution >= 0.6 is 0 Å². The number of rotatable bonds is 2. The van der Waals surface area contributed by atoms with Gasteiger partial charge in [-0.3, -0.25) is 9.80 Å². The van der Waals surface area contributed by atoms with Crippen LogP contribution in [0, 0.1) is 0 Å². The number of amides is 1. The Labute approximate surface area is 126 Å². The Kier molecular flexibility index (Phi) is 4.76. The molecule has 120 valence electrons. The summed E-state index contributed by atoms with van der Waals surface area (Å²) in [5.41, 5.74) is -0.566. The lowest BCUT2D eigenvalue weighted by Crippen LogP contribution is -2.44. The maximum absolute atomic E-state index is 12.3. The third-order valence-electron chi connectivity index (χ3n) is 4.04. The first-order chi connectivity index (χ1) is 9.81. The van der Waals surface area contributed by atoms with E-state index in [1.165, 1.54) is 24.9 Å². The molecular formula is C15H26N2O4. The molecule has 0 bridgehead atoms. The molecule has 2 fully saturated rings. The monoisotopic (exact) mass is 298 g/mol. The highest BCUT2D eigenvalue weighted by molar-refractivity contribution is 5.82. The molecule has 6 nitrogen and oxygen atoms in total. The summed E-state index contributed by atoms with van der Waals surface area (Å²) in [5, 5.41) is 0. The minimum absolute atomic E-state index is 0.226. The van der Waals surface area contributed by atoms with Crippen molar-refractivity contribution in [3.63, 3.8) is 0 Å². The molecule has 0 unspecified atom stereocenters. The van der Waals surface area contributed by atoms with Crippen LogP contribution in [0.4, 0.5) is 4.79 Å². The molecule has 2 rings (SSSR count). The molecule has 1 amide bonds. The molecule has 0 aromatic carbocycles. The van der Waals surface area contributed by atoms with Crippen molar-refractivity contribution >= 4 is 12.1 Å². The lowest BCUT2D eigenvalue weighted by molar-refractivity contribution is -0.145. The minimum atomic E-state index is -0.566. The largest absolute Gasteiger partial charge is 0.467 e. The van der Waals surface area contributed by atoms with Crippen LogP contribution in [0.1, 0.15) is 40.0 Å². The summed E-state index contributed by atoms with van der Waals surface area (Å²) in [5.74, 6) is -0.359. The lowest BCUT2D eigenvalue weighted by Gasteiger charge is -2.27. The van der Waals surface area contributed by atoms with Gasteiger partial charge in [-0.05, 0) is 53.1 Å². The van der Waals surface area contributed by atoms with E-state index in [9.17, 15) is 9.59 Å². The Balaban J connectivity index is 2.08. The van der Waals surface area contributed by atoms with Crippen molar-refractivity contribution in [1.29, 1.82) is 0 Å². The number of nitrogens with zero attached hydrogens (tertiary/aromatic N) is 2. The zero-order valence-electron chi connectivity index (χ0n) is 13.4. The van der Waals surface area contributed by atoms with E-state index in [-0.39, 0.29) is 12.0 Å². The summed E-state index contributed by atoms with van der Waals surface area (Å²) in [6, 6.07) is -0.306. The highest BCUT2D eigenvalue weighted by Gasteiger charge is 2.44. The number of carbonyl (C=O) groups is 2. The highest BCUT2D eigenvalue weighted by atomic mass is 16.6. The van der Waals surface area contributed by atoms with Crippen molar-refractivity contribution in [1.82, 2.24) is 9.80 Å². The van der Waals surface area contributed by atoms with E-state index in [1.807, 2.05) is 20.8 Å². The van der Waals surface area contributed by atoms with Gasteiger partial charge in [-0.2, -0.15) is 0 Å². The molecule has 0 aromatic heterocycles. The van der Waals surface area contributed by atoms with Crippen molar-refractivity contribution in [3.05, 3.63) is 0 Å². The Morgan fingerprint density at radius 1 is 1.14 bits per heavy atom. The van der Waals surface area contributed by atoms with Crippen LogP contribution in [-0.2, 0) is 14.3 Å². The second-order valence-corrected chi connectivity index (χ2v) is 6.80. The van der Waals surface area contributed by atoms with Crippen molar-refractivity contribution in [2.24, 2.45) is 0 Å². The van der Waals surface area contributed by atoms with Crippen LogP contribution in [-0.4, -0.2) is 66.3 Å². The van der Waals surface area contributed by atoms with E-state index in [4.69, 9.17) is 9.47 Å². The Morgan fingerprint density at radius 3 is 2.29 bits per heavy atom. The van der Waals surface area contributed by atoms with Gasteiger partial charge < -0.3 is 9.47 Å². The third-order valence-corrected chi connectivity index (χ3v) is 4.04. The smallest absolute Gasteiger partial charge is 0.411 e. The van der Waals surface area contributed by atoms with E-state index in [0.29, 0.717) is 13.0 Å². The number of hydrogen-bond donors (Lipinski definition) is 0. The molecule has 2 saturated heterocycles. The van der Waals surface area contributed by atoms with Gasteiger partial charge in [-0.25, -0.2) is 9.59 Å². The van der Waals surface area contributed by atoms with Gasteiger partial charge in [-0.1, -0.05) is 0 Å². The first kappa shape index (κ1) is 16.1. The maximum atomic E-state index is 12.3. The summed E-state index contributed by atoms with van der Waals surface area (Å²) in [6.07, 6.45) is 2.57. The molecule has 2 aliphatic rings. The summed E-state index contributed by atoms with van der Waals surface area (Å²) < 4.78 is 10.3. The van der Waals surface area contributed by atoms with Gasteiger partial charge in [0.2, 0.25) is 0 Å². The molecule has 0 radical (unpaired) electrons. The van der Waals surface area contributed by atoms with Crippen LogP contribution in [0.5, 0.6) is 0 Å². The van der Waals surface area contributed by atoms with Crippen LogP contribution in [0.2, 0.25) is 0 Å². The first-order valence-corrected chi connectivity index (χ1v) is 7.63. The second kappa shape index (κ2) is 6.22. The fourth-order valence-electron chi connectivity index (χ4n) is 3.07. The minimum Gasteiger partial charge on any atom is -0.467 e. The topological polar surface area (TPSA) is 59.1 Å². The number of hydrogen-bond acceptors (Lipinski definition) is 5. The van der Waals surface area contributed by atoms with E-state index >= 15 is 0 Å². The molecular weight excluding hydrogens is 272 g/mol. The van der Waals surface area contributed by atoms with Gasteiger partial charge in [0, 0.05) is 12.6 Å². The normalized spacial score (nSPS) is 27.0. The van der Waals surface area contributed by atoms with Gasteiger partial charge in [0.05, 0.1) is 7.11 Å². The third kappa shape index (κ3) is 3.87. The maximum Gasteiger partial charge on any atom is 0.411 e. The number of likely N-dealkylation sites (tertiary alicyclic amines) is 2. The van der Waals surface area contributed by atoms with Crippen molar-refractivity contribution in [2.45, 2.75) is 57.7 Å². The predicted octanol–water partition coefficient (Wildman–Crippen LogP) is 1.63. The van der Waals surface area contributed by atoms with E-state index < -0.39 is 17.7 Å². The first-order valence-electron chi connectivity index (χ1n) is 7.63. The fourth-order valence-corrected chi connectivity index (χ4v) is 3.07. The zero-order chi connectivity index (χ0) is 15.6. The van der Waals surface area contributed by atoms with Crippen molar-refractivity contribution < 1.29 is 19.1 Å². The number of ether oxygens (including phenoxy) is 2. The van der Waals surface area contributed by atoms with Gasteiger partial charge in [0.25, 0.3) is 0 Å². The van der Waals surface area contributed by atoms with Gasteiger partial charge in [-0.15, -0.1) is 0 Å². The SMILES string of the molecule is COC(=O)[C@@H]1C[C@@H](N2CCCC2)CN1C(=O)OC(C)(C)C. The lowest BCUT2D eigenvalue weighted by atomic mass is 10.1. The molecule has 0 N–H and O–H groups in total. The van der Waals surface area contributed by atoms with E-state index in [0.717, 1.165) is 13.1 Å². The van der Waals surface area contributed by atoms with Gasteiger partial charge in [0.1, 0.15) is 11.6 Å².